The van der Waals surface area contributed by atoms with Gasteiger partial charge in [-0.2, -0.15) is 5.10 Å². The van der Waals surface area contributed by atoms with Crippen LogP contribution in [0.2, 0.25) is 0 Å². The monoisotopic (exact) mass is 292 g/mol. The van der Waals surface area contributed by atoms with E-state index in [9.17, 15) is 4.79 Å². The van der Waals surface area contributed by atoms with Crippen molar-refractivity contribution in [3.8, 4) is 11.1 Å². The normalized spacial score (nSPS) is 14.2. The molecule has 1 aromatic heterocycles. The fourth-order valence-corrected chi connectivity index (χ4v) is 2.53. The van der Waals surface area contributed by atoms with Crippen molar-refractivity contribution in [2.24, 2.45) is 5.92 Å². The van der Waals surface area contributed by atoms with Crippen LogP contribution < -0.4 is 11.1 Å². The lowest BCUT2D eigenvalue weighted by molar-refractivity contribution is -0.117. The quantitative estimate of drug-likeness (QED) is 0.648. The van der Waals surface area contributed by atoms with Crippen molar-refractivity contribution in [3.63, 3.8) is 0 Å². The Kier molecular flexibility index (Phi) is 2.85. The number of carbonyl (C=O) groups excluding carboxylic acids is 1. The third kappa shape index (κ3) is 2.30. The molecule has 1 amide bonds. The maximum Gasteiger partial charge on any atom is 0.228 e. The van der Waals surface area contributed by atoms with Crippen LogP contribution in [0, 0.1) is 5.92 Å². The van der Waals surface area contributed by atoms with E-state index in [1.807, 2.05) is 42.5 Å². The Morgan fingerprint density at radius 2 is 1.86 bits per heavy atom. The number of nitrogens with zero attached hydrogens (tertiary/aromatic N) is 1. The molecule has 0 radical (unpaired) electrons. The van der Waals surface area contributed by atoms with E-state index < -0.39 is 0 Å². The number of H-pyrrole nitrogens is 1. The number of benzene rings is 2. The van der Waals surface area contributed by atoms with Crippen LogP contribution in [-0.2, 0) is 4.79 Å². The SMILES string of the molecule is Nc1ccc(-c2ccc3c(NC(=O)C4CC4)n[nH]c3c2)cc1. The van der Waals surface area contributed by atoms with E-state index in [0.29, 0.717) is 5.82 Å². The van der Waals surface area contributed by atoms with Gasteiger partial charge in [0.25, 0.3) is 0 Å². The third-order valence-corrected chi connectivity index (χ3v) is 4.00. The summed E-state index contributed by atoms with van der Waals surface area (Å²) in [4.78, 5) is 11.9. The van der Waals surface area contributed by atoms with Crippen LogP contribution in [0.4, 0.5) is 11.5 Å². The lowest BCUT2D eigenvalue weighted by atomic mass is 10.0. The molecule has 1 aliphatic rings. The van der Waals surface area contributed by atoms with Crippen LogP contribution in [0.3, 0.4) is 0 Å². The second-order valence-corrected chi connectivity index (χ2v) is 5.72. The van der Waals surface area contributed by atoms with E-state index in [0.717, 1.165) is 40.6 Å². The number of aromatic amines is 1. The zero-order chi connectivity index (χ0) is 15.1. The number of nitrogens with two attached hydrogens (primary N) is 1. The summed E-state index contributed by atoms with van der Waals surface area (Å²) in [6, 6.07) is 13.8. The van der Waals surface area contributed by atoms with Gasteiger partial charge >= 0.3 is 0 Å². The molecule has 4 N–H and O–H groups in total. The average molecular weight is 292 g/mol. The lowest BCUT2D eigenvalue weighted by Gasteiger charge is -2.03. The van der Waals surface area contributed by atoms with Crippen molar-refractivity contribution < 1.29 is 4.79 Å². The minimum atomic E-state index is 0.0658. The molecule has 5 heteroatoms. The largest absolute Gasteiger partial charge is 0.399 e. The standard InChI is InChI=1S/C17H16N4O/c18-13-6-3-10(4-7-13)12-5-8-14-15(9-12)20-21-16(14)19-17(22)11-1-2-11/h3-9,11H,1-2,18H2,(H2,19,20,21,22). The fourth-order valence-electron chi connectivity index (χ4n) is 2.53. The number of hydrogen-bond acceptors (Lipinski definition) is 3. The summed E-state index contributed by atoms with van der Waals surface area (Å²) in [5.74, 6) is 0.840. The van der Waals surface area contributed by atoms with E-state index in [1.165, 1.54) is 0 Å². The predicted octanol–water partition coefficient (Wildman–Crippen LogP) is 3.16. The first-order valence-electron chi connectivity index (χ1n) is 7.35. The summed E-state index contributed by atoms with van der Waals surface area (Å²) in [5, 5.41) is 11.0. The first kappa shape index (κ1) is 12.9. The number of aromatic nitrogens is 2. The number of nitrogens with one attached hydrogen (secondary N) is 2. The van der Waals surface area contributed by atoms with Gasteiger partial charge in [0.2, 0.25) is 5.91 Å². The Bertz CT molecular complexity index is 847. The minimum Gasteiger partial charge on any atom is -0.399 e. The molecule has 110 valence electrons. The number of anilines is 2. The number of nitrogen functional groups attached to an aromatic ring is 1. The number of amides is 1. The number of carbonyl (C=O) groups is 1. The van der Waals surface area contributed by atoms with Crippen molar-refractivity contribution in [2.75, 3.05) is 11.1 Å². The molecule has 1 aliphatic carbocycles. The maximum atomic E-state index is 11.9. The zero-order valence-corrected chi connectivity index (χ0v) is 12.0. The van der Waals surface area contributed by atoms with Gasteiger partial charge in [-0.3, -0.25) is 9.89 Å². The van der Waals surface area contributed by atoms with Gasteiger partial charge in [0.15, 0.2) is 5.82 Å². The molecular formula is C17H16N4O. The average Bonchev–Trinajstić information content (AvgIpc) is 3.31. The first-order chi connectivity index (χ1) is 10.7. The Labute approximate surface area is 127 Å². The van der Waals surface area contributed by atoms with Gasteiger partial charge in [0, 0.05) is 17.0 Å². The second-order valence-electron chi connectivity index (χ2n) is 5.72. The molecule has 4 rings (SSSR count). The maximum absolute atomic E-state index is 11.9. The smallest absolute Gasteiger partial charge is 0.228 e. The molecule has 1 heterocycles. The van der Waals surface area contributed by atoms with Gasteiger partial charge in [-0.05, 0) is 48.2 Å². The predicted molar refractivity (Wildman–Crippen MR) is 87.3 cm³/mol. The molecule has 0 unspecified atom stereocenters. The van der Waals surface area contributed by atoms with Gasteiger partial charge < -0.3 is 11.1 Å². The van der Waals surface area contributed by atoms with Crippen molar-refractivity contribution in [2.45, 2.75) is 12.8 Å². The van der Waals surface area contributed by atoms with Crippen LogP contribution in [0.15, 0.2) is 42.5 Å². The highest BCUT2D eigenvalue weighted by Crippen LogP contribution is 2.32. The molecule has 2 aromatic carbocycles. The lowest BCUT2D eigenvalue weighted by Crippen LogP contribution is -2.13. The van der Waals surface area contributed by atoms with Crippen LogP contribution in [0.25, 0.3) is 22.0 Å². The molecule has 1 saturated carbocycles. The molecule has 0 atom stereocenters. The second kappa shape index (κ2) is 4.87. The first-order valence-corrected chi connectivity index (χ1v) is 7.35. The zero-order valence-electron chi connectivity index (χ0n) is 12.0. The molecule has 5 nitrogen and oxygen atoms in total. The fraction of sp³-hybridized carbons (Fsp3) is 0.176. The highest BCUT2D eigenvalue weighted by molar-refractivity contribution is 6.02. The topological polar surface area (TPSA) is 83.8 Å². The van der Waals surface area contributed by atoms with E-state index in [4.69, 9.17) is 5.73 Å². The molecule has 0 saturated heterocycles. The minimum absolute atomic E-state index is 0.0658. The molecule has 3 aromatic rings. The van der Waals surface area contributed by atoms with E-state index in [2.05, 4.69) is 15.5 Å². The summed E-state index contributed by atoms with van der Waals surface area (Å²) in [6.07, 6.45) is 1.96. The van der Waals surface area contributed by atoms with Gasteiger partial charge in [-0.1, -0.05) is 18.2 Å². The van der Waals surface area contributed by atoms with Gasteiger partial charge in [-0.15, -0.1) is 0 Å². The van der Waals surface area contributed by atoms with Gasteiger partial charge in [-0.25, -0.2) is 0 Å². The molecule has 0 aliphatic heterocycles. The highest BCUT2D eigenvalue weighted by atomic mass is 16.2. The summed E-state index contributed by atoms with van der Waals surface area (Å²) in [7, 11) is 0. The van der Waals surface area contributed by atoms with Gasteiger partial charge in [0.05, 0.1) is 5.52 Å². The molecule has 0 bridgehead atoms. The molecule has 22 heavy (non-hydrogen) atoms. The van der Waals surface area contributed by atoms with Crippen molar-refractivity contribution in [1.82, 2.24) is 10.2 Å². The summed E-state index contributed by atoms with van der Waals surface area (Å²) < 4.78 is 0. The van der Waals surface area contributed by atoms with Crippen molar-refractivity contribution >= 4 is 28.3 Å². The number of rotatable bonds is 3. The molecule has 0 spiro atoms. The highest BCUT2D eigenvalue weighted by Gasteiger charge is 2.30. The summed E-state index contributed by atoms with van der Waals surface area (Å²) in [5.41, 5.74) is 9.54. The van der Waals surface area contributed by atoms with E-state index in [-0.39, 0.29) is 11.8 Å². The van der Waals surface area contributed by atoms with Crippen molar-refractivity contribution in [3.05, 3.63) is 42.5 Å². The molecule has 1 fully saturated rings. The number of fused-ring (bicyclic) bond motifs is 1. The van der Waals surface area contributed by atoms with Crippen LogP contribution >= 0.6 is 0 Å². The Morgan fingerprint density at radius 3 is 2.59 bits per heavy atom. The van der Waals surface area contributed by atoms with Crippen LogP contribution in [0.1, 0.15) is 12.8 Å². The Morgan fingerprint density at radius 1 is 1.14 bits per heavy atom. The van der Waals surface area contributed by atoms with E-state index >= 15 is 0 Å². The van der Waals surface area contributed by atoms with Crippen LogP contribution in [0.5, 0.6) is 0 Å². The summed E-state index contributed by atoms with van der Waals surface area (Å²) >= 11 is 0. The number of hydrogen-bond donors (Lipinski definition) is 3. The summed E-state index contributed by atoms with van der Waals surface area (Å²) in [6.45, 7) is 0. The third-order valence-electron chi connectivity index (χ3n) is 4.00. The van der Waals surface area contributed by atoms with Crippen molar-refractivity contribution in [1.29, 1.82) is 0 Å². The Balaban J connectivity index is 1.67. The van der Waals surface area contributed by atoms with Crippen LogP contribution in [-0.4, -0.2) is 16.1 Å². The van der Waals surface area contributed by atoms with E-state index in [1.54, 1.807) is 0 Å². The Hall–Kier alpha value is -2.82. The van der Waals surface area contributed by atoms with Gasteiger partial charge in [0.1, 0.15) is 0 Å². The molecular weight excluding hydrogens is 276 g/mol.